The second-order valence-electron chi connectivity index (χ2n) is 2.83. The number of aliphatic imine (C=N–C) groups is 2. The van der Waals surface area contributed by atoms with Gasteiger partial charge in [-0.05, 0) is 0 Å². The Morgan fingerprint density at radius 2 is 2.42 bits per heavy atom. The third-order valence-electron chi connectivity index (χ3n) is 1.98. The molecule has 5 heteroatoms. The molecule has 0 aromatic heterocycles. The van der Waals surface area contributed by atoms with Crippen LogP contribution in [0.3, 0.4) is 0 Å². The standard InChI is InChI=1S/C7H11N5/c8-6-4-3-10-2-1-5(4)11-7(9)12-6/h2-3,5,7,11H,1,9H2,(H2,8,12). The van der Waals surface area contributed by atoms with Gasteiger partial charge in [0.05, 0.1) is 0 Å². The Bertz CT molecular complexity index is 278. The highest BCUT2D eigenvalue weighted by Crippen LogP contribution is 2.14. The molecule has 0 aromatic rings. The Hall–Kier alpha value is -1.20. The lowest BCUT2D eigenvalue weighted by atomic mass is 10.0. The minimum absolute atomic E-state index is 0.190. The van der Waals surface area contributed by atoms with Gasteiger partial charge in [0, 0.05) is 30.5 Å². The van der Waals surface area contributed by atoms with Crippen LogP contribution in [-0.4, -0.2) is 24.4 Å². The molecule has 5 N–H and O–H groups in total. The number of nitrogens with one attached hydrogen (secondary N) is 1. The molecule has 0 amide bonds. The van der Waals surface area contributed by atoms with Crippen LogP contribution >= 0.6 is 0 Å². The molecule has 0 aromatic carbocycles. The normalized spacial score (nSPS) is 33.8. The van der Waals surface area contributed by atoms with E-state index in [0.717, 1.165) is 12.0 Å². The quantitative estimate of drug-likeness (QED) is 0.426. The predicted molar refractivity (Wildman–Crippen MR) is 47.7 cm³/mol. The smallest absolute Gasteiger partial charge is 0.153 e. The summed E-state index contributed by atoms with van der Waals surface area (Å²) in [5.74, 6) is 0.503. The van der Waals surface area contributed by atoms with Gasteiger partial charge in [0.25, 0.3) is 0 Å². The van der Waals surface area contributed by atoms with Gasteiger partial charge in [-0.15, -0.1) is 0 Å². The summed E-state index contributed by atoms with van der Waals surface area (Å²) in [6, 6.07) is 0.190. The first kappa shape index (κ1) is 7.45. The van der Waals surface area contributed by atoms with Crippen molar-refractivity contribution in [2.45, 2.75) is 18.8 Å². The number of hydrogen-bond donors (Lipinski definition) is 3. The maximum atomic E-state index is 5.67. The van der Waals surface area contributed by atoms with Gasteiger partial charge in [-0.3, -0.25) is 16.0 Å². The molecule has 5 nitrogen and oxygen atoms in total. The summed E-state index contributed by atoms with van der Waals surface area (Å²) in [5, 5.41) is 3.10. The van der Waals surface area contributed by atoms with Crippen LogP contribution in [0.1, 0.15) is 6.42 Å². The first-order chi connectivity index (χ1) is 5.77. The van der Waals surface area contributed by atoms with Crippen LogP contribution in [-0.2, 0) is 0 Å². The molecule has 64 valence electrons. The van der Waals surface area contributed by atoms with Crippen LogP contribution in [0.5, 0.6) is 0 Å². The number of rotatable bonds is 0. The SMILES string of the molecule is NC1=NC(N)NC2CC=NC=C12. The van der Waals surface area contributed by atoms with Crippen molar-refractivity contribution in [2.24, 2.45) is 21.5 Å². The van der Waals surface area contributed by atoms with Crippen molar-refractivity contribution in [1.82, 2.24) is 5.32 Å². The van der Waals surface area contributed by atoms with Crippen molar-refractivity contribution in [2.75, 3.05) is 0 Å². The number of amidine groups is 1. The van der Waals surface area contributed by atoms with Gasteiger partial charge < -0.3 is 5.73 Å². The summed E-state index contributed by atoms with van der Waals surface area (Å²) in [6.07, 6.45) is 4.02. The number of nitrogens with zero attached hydrogens (tertiary/aromatic N) is 2. The Labute approximate surface area is 70.2 Å². The molecular formula is C7H11N5. The first-order valence-electron chi connectivity index (χ1n) is 3.84. The van der Waals surface area contributed by atoms with Gasteiger partial charge in [-0.25, -0.2) is 4.99 Å². The van der Waals surface area contributed by atoms with E-state index in [1.54, 1.807) is 6.20 Å². The van der Waals surface area contributed by atoms with Crippen molar-refractivity contribution in [3.63, 3.8) is 0 Å². The highest BCUT2D eigenvalue weighted by atomic mass is 15.2. The summed E-state index contributed by atoms with van der Waals surface area (Å²) in [5.41, 5.74) is 12.2. The summed E-state index contributed by atoms with van der Waals surface area (Å²) >= 11 is 0. The topological polar surface area (TPSA) is 88.8 Å². The predicted octanol–water partition coefficient (Wildman–Crippen LogP) is -1.08. The average molecular weight is 165 g/mol. The van der Waals surface area contributed by atoms with Gasteiger partial charge >= 0.3 is 0 Å². The van der Waals surface area contributed by atoms with Crippen LogP contribution in [0.4, 0.5) is 0 Å². The number of nitrogens with two attached hydrogens (primary N) is 2. The lowest BCUT2D eigenvalue weighted by Crippen LogP contribution is -2.51. The van der Waals surface area contributed by atoms with Gasteiger partial charge in [0.1, 0.15) is 5.84 Å². The Morgan fingerprint density at radius 1 is 1.58 bits per heavy atom. The molecule has 12 heavy (non-hydrogen) atoms. The molecule has 2 heterocycles. The van der Waals surface area contributed by atoms with E-state index in [2.05, 4.69) is 15.3 Å². The van der Waals surface area contributed by atoms with Gasteiger partial charge in [-0.1, -0.05) is 0 Å². The number of hydrogen-bond acceptors (Lipinski definition) is 5. The second-order valence-corrected chi connectivity index (χ2v) is 2.83. The second kappa shape index (κ2) is 2.69. The molecule has 0 radical (unpaired) electrons. The largest absolute Gasteiger partial charge is 0.384 e. The zero-order valence-electron chi connectivity index (χ0n) is 6.57. The van der Waals surface area contributed by atoms with Gasteiger partial charge in [-0.2, -0.15) is 0 Å². The highest BCUT2D eigenvalue weighted by molar-refractivity contribution is 5.99. The van der Waals surface area contributed by atoms with E-state index in [1.165, 1.54) is 0 Å². The molecule has 2 aliphatic rings. The van der Waals surface area contributed by atoms with Crippen LogP contribution in [0.2, 0.25) is 0 Å². The first-order valence-corrected chi connectivity index (χ1v) is 3.84. The zero-order valence-corrected chi connectivity index (χ0v) is 6.57. The van der Waals surface area contributed by atoms with E-state index in [4.69, 9.17) is 11.5 Å². The van der Waals surface area contributed by atoms with Crippen LogP contribution in [0, 0.1) is 0 Å². The summed E-state index contributed by atoms with van der Waals surface area (Å²) in [6.45, 7) is 0. The van der Waals surface area contributed by atoms with E-state index in [1.807, 2.05) is 6.21 Å². The monoisotopic (exact) mass is 165 g/mol. The van der Waals surface area contributed by atoms with E-state index in [-0.39, 0.29) is 12.3 Å². The molecule has 0 saturated heterocycles. The Kier molecular flexibility index (Phi) is 1.67. The lowest BCUT2D eigenvalue weighted by molar-refractivity contribution is 0.477. The maximum Gasteiger partial charge on any atom is 0.153 e. The van der Waals surface area contributed by atoms with Crippen molar-refractivity contribution in [3.8, 4) is 0 Å². The zero-order chi connectivity index (χ0) is 8.55. The summed E-state index contributed by atoms with van der Waals surface area (Å²) in [4.78, 5) is 7.99. The lowest BCUT2D eigenvalue weighted by Gasteiger charge is -2.28. The molecule has 0 saturated carbocycles. The van der Waals surface area contributed by atoms with E-state index >= 15 is 0 Å². The number of fused-ring (bicyclic) bond motifs is 1. The Balaban J connectivity index is 2.33. The van der Waals surface area contributed by atoms with Crippen LogP contribution in [0.25, 0.3) is 0 Å². The van der Waals surface area contributed by atoms with E-state index < -0.39 is 0 Å². The fourth-order valence-electron chi connectivity index (χ4n) is 1.39. The highest BCUT2D eigenvalue weighted by Gasteiger charge is 2.24. The average Bonchev–Trinajstić information content (AvgIpc) is 2.04. The van der Waals surface area contributed by atoms with Crippen molar-refractivity contribution in [1.29, 1.82) is 0 Å². The molecule has 0 bridgehead atoms. The fraction of sp³-hybridized carbons (Fsp3) is 0.429. The maximum absolute atomic E-state index is 5.67. The molecule has 2 aliphatic heterocycles. The summed E-state index contributed by atoms with van der Waals surface area (Å²) in [7, 11) is 0. The fourth-order valence-corrected chi connectivity index (χ4v) is 1.39. The molecule has 2 atom stereocenters. The molecule has 0 aliphatic carbocycles. The molecule has 2 rings (SSSR count). The molecule has 2 unspecified atom stereocenters. The van der Waals surface area contributed by atoms with E-state index in [0.29, 0.717) is 5.84 Å². The molecule has 0 spiro atoms. The van der Waals surface area contributed by atoms with Crippen molar-refractivity contribution < 1.29 is 0 Å². The van der Waals surface area contributed by atoms with Crippen LogP contribution in [0.15, 0.2) is 21.8 Å². The summed E-state index contributed by atoms with van der Waals surface area (Å²) < 4.78 is 0. The van der Waals surface area contributed by atoms with Crippen molar-refractivity contribution in [3.05, 3.63) is 11.8 Å². The van der Waals surface area contributed by atoms with Crippen LogP contribution < -0.4 is 16.8 Å². The molecular weight excluding hydrogens is 154 g/mol. The van der Waals surface area contributed by atoms with Gasteiger partial charge in [0.2, 0.25) is 0 Å². The van der Waals surface area contributed by atoms with Gasteiger partial charge in [0.15, 0.2) is 6.29 Å². The minimum atomic E-state index is -0.376. The van der Waals surface area contributed by atoms with Crippen molar-refractivity contribution >= 4 is 12.1 Å². The minimum Gasteiger partial charge on any atom is -0.384 e. The third kappa shape index (κ3) is 1.13. The molecule has 0 fully saturated rings. The Morgan fingerprint density at radius 3 is 3.25 bits per heavy atom. The van der Waals surface area contributed by atoms with E-state index in [9.17, 15) is 0 Å². The third-order valence-corrected chi connectivity index (χ3v) is 1.98.